The minimum absolute atomic E-state index is 0. The Labute approximate surface area is 106 Å². The molecule has 1 aliphatic heterocycles. The number of halogens is 3. The lowest BCUT2D eigenvalue weighted by atomic mass is 9.97. The van der Waals surface area contributed by atoms with Gasteiger partial charge in [-0.3, -0.25) is 0 Å². The Bertz CT molecular complexity index is 387. The zero-order valence-corrected chi connectivity index (χ0v) is 10.3. The van der Waals surface area contributed by atoms with E-state index in [2.05, 4.69) is 5.32 Å². The molecule has 0 bridgehead atoms. The van der Waals surface area contributed by atoms with Crippen molar-refractivity contribution in [2.75, 3.05) is 13.1 Å². The molecule has 1 aromatic rings. The summed E-state index contributed by atoms with van der Waals surface area (Å²) < 4.78 is 26.2. The summed E-state index contributed by atoms with van der Waals surface area (Å²) in [5.41, 5.74) is 0.332. The van der Waals surface area contributed by atoms with Crippen LogP contribution in [0.3, 0.4) is 0 Å². The number of hydrogen-bond donors (Lipinski definition) is 1. The van der Waals surface area contributed by atoms with Gasteiger partial charge in [0, 0.05) is 5.56 Å². The van der Waals surface area contributed by atoms with Crippen LogP contribution in [0.25, 0.3) is 6.08 Å². The number of hydrogen-bond acceptors (Lipinski definition) is 1. The maximum Gasteiger partial charge on any atom is 0.130 e. The second-order valence-corrected chi connectivity index (χ2v) is 4.11. The third-order valence-corrected chi connectivity index (χ3v) is 2.89. The van der Waals surface area contributed by atoms with Gasteiger partial charge in [-0.2, -0.15) is 0 Å². The van der Waals surface area contributed by atoms with Crippen molar-refractivity contribution in [1.29, 1.82) is 0 Å². The van der Waals surface area contributed by atoms with Crippen molar-refractivity contribution in [3.63, 3.8) is 0 Å². The van der Waals surface area contributed by atoms with E-state index in [0.29, 0.717) is 11.5 Å². The van der Waals surface area contributed by atoms with Crippen molar-refractivity contribution < 1.29 is 8.78 Å². The molecule has 1 heterocycles. The lowest BCUT2D eigenvalue weighted by Gasteiger charge is -2.19. The molecule has 0 amide bonds. The topological polar surface area (TPSA) is 12.0 Å². The molecule has 1 saturated heterocycles. The van der Waals surface area contributed by atoms with Gasteiger partial charge < -0.3 is 5.32 Å². The molecule has 0 aliphatic carbocycles. The van der Waals surface area contributed by atoms with Gasteiger partial charge in [-0.1, -0.05) is 12.2 Å². The van der Waals surface area contributed by atoms with E-state index in [1.807, 2.05) is 6.08 Å². The Balaban J connectivity index is 0.00000144. The molecule has 1 nitrogen and oxygen atoms in total. The molecule has 4 heteroatoms. The Morgan fingerprint density at radius 2 is 1.88 bits per heavy atom. The minimum atomic E-state index is -0.397. The first kappa shape index (κ1) is 14.1. The molecule has 0 atom stereocenters. The maximum atomic E-state index is 13.3. The zero-order valence-electron chi connectivity index (χ0n) is 9.46. The van der Waals surface area contributed by atoms with Crippen LogP contribution in [0.15, 0.2) is 24.3 Å². The highest BCUT2D eigenvalue weighted by atomic mass is 35.5. The van der Waals surface area contributed by atoms with E-state index in [1.165, 1.54) is 6.07 Å². The first-order valence-electron chi connectivity index (χ1n) is 5.59. The monoisotopic (exact) mass is 259 g/mol. The number of allylic oxidation sites excluding steroid dienone is 1. The maximum absolute atomic E-state index is 13.3. The highest BCUT2D eigenvalue weighted by molar-refractivity contribution is 5.85. The van der Waals surface area contributed by atoms with Gasteiger partial charge in [-0.15, -0.1) is 12.4 Å². The predicted octanol–water partition coefficient (Wildman–Crippen LogP) is 3.40. The average Bonchev–Trinajstić information content (AvgIpc) is 2.32. The summed E-state index contributed by atoms with van der Waals surface area (Å²) in [5.74, 6) is -0.290. The molecule has 0 unspecified atom stereocenters. The second kappa shape index (κ2) is 6.72. The Morgan fingerprint density at radius 3 is 2.59 bits per heavy atom. The van der Waals surface area contributed by atoms with Crippen LogP contribution in [0.5, 0.6) is 0 Å². The van der Waals surface area contributed by atoms with Gasteiger partial charge in [0.05, 0.1) is 0 Å². The Morgan fingerprint density at radius 1 is 1.18 bits per heavy atom. The molecule has 2 rings (SSSR count). The third kappa shape index (κ3) is 4.10. The van der Waals surface area contributed by atoms with E-state index in [0.717, 1.165) is 38.1 Å². The van der Waals surface area contributed by atoms with Crippen LogP contribution >= 0.6 is 12.4 Å². The molecule has 1 N–H and O–H groups in total. The highest BCUT2D eigenvalue weighted by Gasteiger charge is 2.09. The molecule has 17 heavy (non-hydrogen) atoms. The Hall–Kier alpha value is -0.930. The van der Waals surface area contributed by atoms with Crippen LogP contribution in [0, 0.1) is 17.6 Å². The second-order valence-electron chi connectivity index (χ2n) is 4.11. The quantitative estimate of drug-likeness (QED) is 0.858. The smallest absolute Gasteiger partial charge is 0.130 e. The zero-order chi connectivity index (χ0) is 11.4. The first-order chi connectivity index (χ1) is 7.75. The average molecular weight is 260 g/mol. The largest absolute Gasteiger partial charge is 0.317 e. The van der Waals surface area contributed by atoms with Crippen molar-refractivity contribution in [3.8, 4) is 0 Å². The Kier molecular flexibility index (Phi) is 5.59. The fourth-order valence-corrected chi connectivity index (χ4v) is 1.92. The summed E-state index contributed by atoms with van der Waals surface area (Å²) in [4.78, 5) is 0. The summed E-state index contributed by atoms with van der Waals surface area (Å²) in [7, 11) is 0. The standard InChI is InChI=1S/C13H15F2N.ClH/c14-12-3-4-13(15)11(9-12)2-1-10-5-7-16-8-6-10;/h1-4,9-10,16H,5-8H2;1H/b2-1+;. The third-order valence-electron chi connectivity index (χ3n) is 2.89. The number of rotatable bonds is 2. The predicted molar refractivity (Wildman–Crippen MR) is 68.2 cm³/mol. The van der Waals surface area contributed by atoms with Crippen molar-refractivity contribution in [2.24, 2.45) is 5.92 Å². The van der Waals surface area contributed by atoms with Crippen LogP contribution in [0.4, 0.5) is 8.78 Å². The van der Waals surface area contributed by atoms with Gasteiger partial charge in [-0.25, -0.2) is 8.78 Å². The molecule has 1 aromatic carbocycles. The molecule has 0 aromatic heterocycles. The summed E-state index contributed by atoms with van der Waals surface area (Å²) >= 11 is 0. The summed E-state index contributed by atoms with van der Waals surface area (Å²) in [6, 6.07) is 3.53. The van der Waals surface area contributed by atoms with E-state index in [-0.39, 0.29) is 18.2 Å². The van der Waals surface area contributed by atoms with Crippen LogP contribution in [-0.4, -0.2) is 13.1 Å². The first-order valence-corrected chi connectivity index (χ1v) is 5.59. The lowest BCUT2D eigenvalue weighted by molar-refractivity contribution is 0.437. The van der Waals surface area contributed by atoms with Gasteiger partial charge in [0.25, 0.3) is 0 Å². The summed E-state index contributed by atoms with van der Waals surface area (Å²) in [6.45, 7) is 2.00. The highest BCUT2D eigenvalue weighted by Crippen LogP contribution is 2.17. The van der Waals surface area contributed by atoms with Gasteiger partial charge in [0.1, 0.15) is 11.6 Å². The van der Waals surface area contributed by atoms with Crippen molar-refractivity contribution in [1.82, 2.24) is 5.32 Å². The number of piperidine rings is 1. The van der Waals surface area contributed by atoms with Crippen molar-refractivity contribution >= 4 is 18.5 Å². The molecule has 1 aliphatic rings. The van der Waals surface area contributed by atoms with E-state index in [4.69, 9.17) is 0 Å². The van der Waals surface area contributed by atoms with Gasteiger partial charge >= 0.3 is 0 Å². The fourth-order valence-electron chi connectivity index (χ4n) is 1.92. The van der Waals surface area contributed by atoms with Crippen molar-refractivity contribution in [2.45, 2.75) is 12.8 Å². The number of benzene rings is 1. The van der Waals surface area contributed by atoms with E-state index >= 15 is 0 Å². The molecular formula is C13H16ClF2N. The van der Waals surface area contributed by atoms with E-state index in [1.54, 1.807) is 6.08 Å². The summed E-state index contributed by atoms with van der Waals surface area (Å²) in [5, 5.41) is 3.27. The van der Waals surface area contributed by atoms with Gasteiger partial charge in [0.2, 0.25) is 0 Å². The normalized spacial score (nSPS) is 17.1. The van der Waals surface area contributed by atoms with E-state index < -0.39 is 5.82 Å². The number of nitrogens with one attached hydrogen (secondary N) is 1. The SMILES string of the molecule is Cl.Fc1ccc(F)c(/C=C/C2CCNCC2)c1. The van der Waals surface area contributed by atoms with Gasteiger partial charge in [-0.05, 0) is 50.0 Å². The molecule has 1 fully saturated rings. The van der Waals surface area contributed by atoms with Gasteiger partial charge in [0.15, 0.2) is 0 Å². The van der Waals surface area contributed by atoms with E-state index in [9.17, 15) is 8.78 Å². The molecule has 0 radical (unpaired) electrons. The fraction of sp³-hybridized carbons (Fsp3) is 0.385. The molecule has 0 saturated carbocycles. The van der Waals surface area contributed by atoms with Crippen LogP contribution in [0.1, 0.15) is 18.4 Å². The van der Waals surface area contributed by atoms with Crippen LogP contribution in [0.2, 0.25) is 0 Å². The summed E-state index contributed by atoms with van der Waals surface area (Å²) in [6.07, 6.45) is 5.80. The van der Waals surface area contributed by atoms with Crippen LogP contribution in [-0.2, 0) is 0 Å². The van der Waals surface area contributed by atoms with Crippen LogP contribution < -0.4 is 5.32 Å². The minimum Gasteiger partial charge on any atom is -0.317 e. The molecular weight excluding hydrogens is 244 g/mol. The van der Waals surface area contributed by atoms with Crippen molar-refractivity contribution in [3.05, 3.63) is 41.5 Å². The molecule has 0 spiro atoms. The lowest BCUT2D eigenvalue weighted by Crippen LogP contribution is -2.26. The molecule has 94 valence electrons.